The molecule has 0 spiro atoms. The van der Waals surface area contributed by atoms with Gasteiger partial charge in [0, 0.05) is 27.5 Å². The highest BCUT2D eigenvalue weighted by Gasteiger charge is 2.47. The van der Waals surface area contributed by atoms with Crippen molar-refractivity contribution in [2.45, 2.75) is 109 Å². The lowest BCUT2D eigenvalue weighted by atomic mass is 9.54. The molecule has 62 heavy (non-hydrogen) atoms. The van der Waals surface area contributed by atoms with E-state index in [1.54, 1.807) is 0 Å². The Bertz CT molecular complexity index is 2830. The summed E-state index contributed by atoms with van der Waals surface area (Å²) in [5.74, 6) is 6.64. The third kappa shape index (κ3) is 7.04. The lowest BCUT2D eigenvalue weighted by molar-refractivity contribution is 0.0703. The summed E-state index contributed by atoms with van der Waals surface area (Å²) in [4.78, 5) is 15.9. The normalized spacial score (nSPS) is 28.2. The molecule has 2 aromatic heterocycles. The first-order valence-corrected chi connectivity index (χ1v) is 23.6. The Hall–Kier alpha value is -5.60. The maximum atomic E-state index is 9.76. The van der Waals surface area contributed by atoms with Crippen molar-refractivity contribution in [2.24, 2.45) is 35.5 Å². The second-order valence-electron chi connectivity index (χ2n) is 20.7. The maximum absolute atomic E-state index is 9.76. The third-order valence-electron chi connectivity index (χ3n) is 15.9. The summed E-state index contributed by atoms with van der Waals surface area (Å²) in [5, 5.41) is 11.7. The lowest BCUT2D eigenvalue weighted by Crippen LogP contribution is -2.42. The van der Waals surface area contributed by atoms with Gasteiger partial charge in [0.05, 0.1) is 11.6 Å². The molecule has 312 valence electrons. The molecule has 2 heterocycles. The average Bonchev–Trinajstić information content (AvgIpc) is 3.65. The molecule has 5 heteroatoms. The van der Waals surface area contributed by atoms with Crippen LogP contribution in [0.1, 0.15) is 115 Å². The molecule has 5 aromatic carbocycles. The molecular weight excluding hydrogens is 757 g/mol. The van der Waals surface area contributed by atoms with E-state index in [4.69, 9.17) is 19.4 Å². The molecule has 0 N–H and O–H groups in total. The van der Waals surface area contributed by atoms with E-state index in [-0.39, 0.29) is 10.8 Å². The molecule has 4 aliphatic rings. The monoisotopic (exact) mass is 814 g/mol. The van der Waals surface area contributed by atoms with Crippen LogP contribution in [-0.4, -0.2) is 15.0 Å². The minimum absolute atomic E-state index is 0.0970. The molecule has 4 aliphatic carbocycles. The van der Waals surface area contributed by atoms with Gasteiger partial charge >= 0.3 is 0 Å². The third-order valence-corrected chi connectivity index (χ3v) is 15.9. The second kappa shape index (κ2) is 15.3. The van der Waals surface area contributed by atoms with Crippen molar-refractivity contribution in [3.63, 3.8) is 0 Å². The quantitative estimate of drug-likeness (QED) is 0.160. The lowest BCUT2D eigenvalue weighted by Gasteiger charge is -2.51. The summed E-state index contributed by atoms with van der Waals surface area (Å²) >= 11 is 0. The fraction of sp³-hybridized carbons (Fsp3) is 0.404. The first-order chi connectivity index (χ1) is 30.1. The van der Waals surface area contributed by atoms with Crippen molar-refractivity contribution in [3.05, 3.63) is 126 Å². The molecular formula is C57H58N4O. The molecule has 4 bridgehead atoms. The number of fused-ring (bicyclic) bond motifs is 7. The van der Waals surface area contributed by atoms with Crippen molar-refractivity contribution in [1.82, 2.24) is 15.0 Å². The SMILES string of the molecule is CC[C@@H]1C[C@@H]2C[C@H](C)CC(c3cc(-c4ccc5oc6ccc(C#N)cc6c5c4)cc(-c4nc(-c5ccccc5)nc(-c5ccc(C67CC(C[C@@H](C)C6)C[C@H](C)C7)cc5)n4)c3)(C1)C2. The zero-order valence-corrected chi connectivity index (χ0v) is 36.8. The van der Waals surface area contributed by atoms with E-state index >= 15 is 0 Å². The van der Waals surface area contributed by atoms with E-state index in [0.29, 0.717) is 29.0 Å². The van der Waals surface area contributed by atoms with Gasteiger partial charge in [-0.1, -0.05) is 101 Å². The summed E-state index contributed by atoms with van der Waals surface area (Å²) < 4.78 is 6.29. The number of rotatable bonds is 7. The Morgan fingerprint density at radius 1 is 0.532 bits per heavy atom. The van der Waals surface area contributed by atoms with Crippen LogP contribution in [0, 0.1) is 46.8 Å². The summed E-state index contributed by atoms with van der Waals surface area (Å²) in [7, 11) is 0. The van der Waals surface area contributed by atoms with Crippen LogP contribution in [0.25, 0.3) is 67.2 Å². The van der Waals surface area contributed by atoms with Crippen LogP contribution < -0.4 is 0 Å². The topological polar surface area (TPSA) is 75.6 Å². The van der Waals surface area contributed by atoms with Gasteiger partial charge in [-0.15, -0.1) is 0 Å². The molecule has 3 unspecified atom stereocenters. The van der Waals surface area contributed by atoms with Crippen LogP contribution in [0.15, 0.2) is 114 Å². The molecule has 8 atom stereocenters. The summed E-state index contributed by atoms with van der Waals surface area (Å²) in [6.45, 7) is 9.80. The number of hydrogen-bond donors (Lipinski definition) is 0. The van der Waals surface area contributed by atoms with Gasteiger partial charge < -0.3 is 4.42 Å². The largest absolute Gasteiger partial charge is 0.456 e. The number of benzene rings is 5. The fourth-order valence-corrected chi connectivity index (χ4v) is 13.8. The van der Waals surface area contributed by atoms with Crippen molar-refractivity contribution < 1.29 is 4.42 Å². The molecule has 7 aromatic rings. The number of nitrogens with zero attached hydrogens (tertiary/aromatic N) is 4. The average molecular weight is 815 g/mol. The zero-order chi connectivity index (χ0) is 42.2. The van der Waals surface area contributed by atoms with Gasteiger partial charge in [-0.05, 0) is 175 Å². The molecule has 0 radical (unpaired) electrons. The first kappa shape index (κ1) is 39.3. The van der Waals surface area contributed by atoms with Gasteiger partial charge in [0.2, 0.25) is 0 Å². The maximum Gasteiger partial charge on any atom is 0.164 e. The predicted molar refractivity (Wildman–Crippen MR) is 251 cm³/mol. The van der Waals surface area contributed by atoms with Gasteiger partial charge in [-0.3, -0.25) is 0 Å². The predicted octanol–water partition coefficient (Wildman–Crippen LogP) is 14.9. The van der Waals surface area contributed by atoms with Crippen LogP contribution in [0.4, 0.5) is 0 Å². The standard InChI is InChI=1S/C57H58N4O/c1-5-38-22-41-21-37(4)30-57(31-38,33-41)48-25-45(44-14-18-52-50(27-44)49-23-39(34-58)11-17-51(49)62-52)24-46(26-48)55-60-53(42-9-7-6-8-10-42)59-54(61-55)43-12-15-47(16-13-43)56-28-35(2)19-40(32-56)20-36(3)29-56/h6-18,23-27,35-38,40-41H,5,19-22,28-33H2,1-4H3/t35-,36+,37-,38+,40?,41-,56?,57?/m0/s1. The van der Waals surface area contributed by atoms with Crippen LogP contribution in [0.5, 0.6) is 0 Å². The number of nitriles is 1. The Morgan fingerprint density at radius 3 is 1.73 bits per heavy atom. The number of hydrogen-bond acceptors (Lipinski definition) is 5. The van der Waals surface area contributed by atoms with Gasteiger partial charge in [-0.2, -0.15) is 5.26 Å². The van der Waals surface area contributed by atoms with Gasteiger partial charge in [-0.25, -0.2) is 15.0 Å². The Labute approximate surface area is 367 Å². The molecule has 0 aliphatic heterocycles. The summed E-state index contributed by atoms with van der Waals surface area (Å²) in [5.41, 5.74) is 10.8. The highest BCUT2D eigenvalue weighted by atomic mass is 16.3. The summed E-state index contributed by atoms with van der Waals surface area (Å²) in [6, 6.07) is 41.5. The van der Waals surface area contributed by atoms with E-state index in [0.717, 1.165) is 79.3 Å². The Kier molecular flexibility index (Phi) is 9.71. The van der Waals surface area contributed by atoms with Crippen molar-refractivity contribution >= 4 is 21.9 Å². The smallest absolute Gasteiger partial charge is 0.164 e. The second-order valence-corrected chi connectivity index (χ2v) is 20.7. The Balaban J connectivity index is 1.07. The van der Waals surface area contributed by atoms with Crippen LogP contribution >= 0.6 is 0 Å². The fourth-order valence-electron chi connectivity index (χ4n) is 13.8. The van der Waals surface area contributed by atoms with E-state index in [2.05, 4.69) is 125 Å². The molecule has 5 nitrogen and oxygen atoms in total. The van der Waals surface area contributed by atoms with Crippen LogP contribution in [0.3, 0.4) is 0 Å². The van der Waals surface area contributed by atoms with E-state index in [1.165, 1.54) is 81.8 Å². The van der Waals surface area contributed by atoms with E-state index in [1.807, 2.05) is 18.2 Å². The highest BCUT2D eigenvalue weighted by Crippen LogP contribution is 2.56. The van der Waals surface area contributed by atoms with Crippen LogP contribution in [-0.2, 0) is 10.8 Å². The van der Waals surface area contributed by atoms with E-state index in [9.17, 15) is 5.26 Å². The summed E-state index contributed by atoms with van der Waals surface area (Å²) in [6.07, 6.45) is 14.2. The van der Waals surface area contributed by atoms with Gasteiger partial charge in [0.15, 0.2) is 17.5 Å². The van der Waals surface area contributed by atoms with Crippen molar-refractivity contribution in [1.29, 1.82) is 5.26 Å². The van der Waals surface area contributed by atoms with Gasteiger partial charge in [0.25, 0.3) is 0 Å². The molecule has 4 saturated carbocycles. The zero-order valence-electron chi connectivity index (χ0n) is 36.8. The number of furan rings is 1. The van der Waals surface area contributed by atoms with Crippen molar-refractivity contribution in [2.75, 3.05) is 0 Å². The minimum Gasteiger partial charge on any atom is -0.456 e. The Morgan fingerprint density at radius 2 is 1.08 bits per heavy atom. The minimum atomic E-state index is 0.0970. The van der Waals surface area contributed by atoms with Crippen molar-refractivity contribution in [3.8, 4) is 51.4 Å². The first-order valence-electron chi connectivity index (χ1n) is 23.6. The molecule has 11 rings (SSSR count). The molecule has 0 amide bonds. The molecule has 0 saturated heterocycles. The highest BCUT2D eigenvalue weighted by molar-refractivity contribution is 6.06. The number of aromatic nitrogens is 3. The van der Waals surface area contributed by atoms with Gasteiger partial charge in [0.1, 0.15) is 11.2 Å². The van der Waals surface area contributed by atoms with Crippen LogP contribution in [0.2, 0.25) is 0 Å². The van der Waals surface area contributed by atoms with E-state index < -0.39 is 0 Å². The molecule has 4 fully saturated rings.